The molecule has 3 heterocycles. The summed E-state index contributed by atoms with van der Waals surface area (Å²) < 4.78 is 1.79. The minimum atomic E-state index is -0.135. The topological polar surface area (TPSA) is 49.6 Å². The number of benzene rings is 1. The Balaban J connectivity index is 1.50. The van der Waals surface area contributed by atoms with E-state index in [0.29, 0.717) is 5.69 Å². The lowest BCUT2D eigenvalue weighted by Gasteiger charge is -2.28. The smallest absolute Gasteiger partial charge is 0.272 e. The summed E-state index contributed by atoms with van der Waals surface area (Å²) >= 11 is 0. The summed E-state index contributed by atoms with van der Waals surface area (Å²) in [6, 6.07) is 13.6. The summed E-state index contributed by atoms with van der Waals surface area (Å²) in [5.41, 5.74) is 3.37. The zero-order chi connectivity index (χ0) is 16.4. The molecule has 1 amide bonds. The molecule has 0 atom stereocenters. The lowest BCUT2D eigenvalue weighted by Crippen LogP contribution is -2.29. The third-order valence-electron chi connectivity index (χ3n) is 4.51. The van der Waals surface area contributed by atoms with Gasteiger partial charge in [-0.1, -0.05) is 6.07 Å². The molecule has 4 rings (SSSR count). The normalized spacial score (nSPS) is 14.8. The largest absolute Gasteiger partial charge is 0.372 e. The molecule has 1 N–H and O–H groups in total. The van der Waals surface area contributed by atoms with Gasteiger partial charge in [-0.15, -0.1) is 0 Å². The van der Waals surface area contributed by atoms with Crippen molar-refractivity contribution in [3.63, 3.8) is 0 Å². The molecule has 1 fully saturated rings. The van der Waals surface area contributed by atoms with Gasteiger partial charge in [0.05, 0.1) is 0 Å². The number of aromatic nitrogens is 2. The third-order valence-corrected chi connectivity index (χ3v) is 4.51. The number of rotatable bonds is 3. The Bertz CT molecular complexity index is 847. The fraction of sp³-hybridized carbons (Fsp3) is 0.263. The molecule has 1 aliphatic rings. The monoisotopic (exact) mass is 320 g/mol. The van der Waals surface area contributed by atoms with Crippen LogP contribution in [0.1, 0.15) is 29.8 Å². The van der Waals surface area contributed by atoms with Gasteiger partial charge in [-0.3, -0.25) is 9.20 Å². The minimum absolute atomic E-state index is 0.135. The predicted molar refractivity (Wildman–Crippen MR) is 95.7 cm³/mol. The number of nitrogens with one attached hydrogen (secondary N) is 1. The third kappa shape index (κ3) is 2.85. The van der Waals surface area contributed by atoms with Crippen LogP contribution in [0, 0.1) is 0 Å². The number of nitrogens with zero attached hydrogens (tertiary/aromatic N) is 3. The number of pyridine rings is 1. The highest BCUT2D eigenvalue weighted by molar-refractivity contribution is 6.03. The van der Waals surface area contributed by atoms with Crippen LogP contribution in [0.3, 0.4) is 0 Å². The van der Waals surface area contributed by atoms with Crippen LogP contribution in [0.15, 0.2) is 54.9 Å². The fourth-order valence-corrected chi connectivity index (χ4v) is 3.24. The Morgan fingerprint density at radius 3 is 2.58 bits per heavy atom. The van der Waals surface area contributed by atoms with E-state index in [1.54, 1.807) is 22.9 Å². The predicted octanol–water partition coefficient (Wildman–Crippen LogP) is 3.58. The molecule has 1 aromatic carbocycles. The van der Waals surface area contributed by atoms with Crippen LogP contribution in [0.4, 0.5) is 11.4 Å². The Hall–Kier alpha value is -2.82. The van der Waals surface area contributed by atoms with Crippen molar-refractivity contribution in [3.8, 4) is 0 Å². The number of amides is 1. The molecule has 3 aromatic rings. The Kier molecular flexibility index (Phi) is 3.91. The second kappa shape index (κ2) is 6.35. The van der Waals surface area contributed by atoms with Crippen molar-refractivity contribution < 1.29 is 4.79 Å². The van der Waals surface area contributed by atoms with Crippen LogP contribution in [0.2, 0.25) is 0 Å². The van der Waals surface area contributed by atoms with Crippen LogP contribution in [0.5, 0.6) is 0 Å². The SMILES string of the molecule is O=C(Nc1ccc(N2CCCCC2)cc1)c1cccc2nccn12. The summed E-state index contributed by atoms with van der Waals surface area (Å²) in [6.45, 7) is 2.24. The summed E-state index contributed by atoms with van der Waals surface area (Å²) in [6.07, 6.45) is 7.33. The number of hydrogen-bond donors (Lipinski definition) is 1. The molecule has 1 aliphatic heterocycles. The van der Waals surface area contributed by atoms with E-state index in [2.05, 4.69) is 27.3 Å². The maximum absolute atomic E-state index is 12.5. The number of carbonyl (C=O) groups is 1. The van der Waals surface area contributed by atoms with Crippen molar-refractivity contribution >= 4 is 22.9 Å². The van der Waals surface area contributed by atoms with E-state index in [1.165, 1.54) is 24.9 Å². The molecule has 2 aromatic heterocycles. The van der Waals surface area contributed by atoms with Crippen molar-refractivity contribution in [2.45, 2.75) is 19.3 Å². The van der Waals surface area contributed by atoms with Gasteiger partial charge >= 0.3 is 0 Å². The maximum Gasteiger partial charge on any atom is 0.272 e. The number of hydrogen-bond acceptors (Lipinski definition) is 3. The van der Waals surface area contributed by atoms with Gasteiger partial charge in [-0.05, 0) is 55.7 Å². The van der Waals surface area contributed by atoms with E-state index in [-0.39, 0.29) is 5.91 Å². The first-order valence-corrected chi connectivity index (χ1v) is 8.40. The number of piperidine rings is 1. The lowest BCUT2D eigenvalue weighted by atomic mass is 10.1. The Labute approximate surface area is 140 Å². The molecule has 5 nitrogen and oxygen atoms in total. The Morgan fingerprint density at radius 2 is 1.79 bits per heavy atom. The molecular weight excluding hydrogens is 300 g/mol. The van der Waals surface area contributed by atoms with Crippen LogP contribution < -0.4 is 10.2 Å². The van der Waals surface area contributed by atoms with Gasteiger partial charge in [0.2, 0.25) is 0 Å². The number of carbonyl (C=O) groups excluding carboxylic acids is 1. The van der Waals surface area contributed by atoms with Crippen molar-refractivity contribution in [1.29, 1.82) is 0 Å². The standard InChI is InChI=1S/C19H20N4O/c24-19(17-5-4-6-18-20-11-14-23(17)18)21-15-7-9-16(10-8-15)22-12-2-1-3-13-22/h4-11,14H,1-3,12-13H2,(H,21,24). The molecule has 0 unspecified atom stereocenters. The quantitative estimate of drug-likeness (QED) is 0.802. The molecule has 0 aliphatic carbocycles. The van der Waals surface area contributed by atoms with Crippen molar-refractivity contribution in [3.05, 3.63) is 60.6 Å². The fourth-order valence-electron chi connectivity index (χ4n) is 3.24. The first-order chi connectivity index (χ1) is 11.8. The van der Waals surface area contributed by atoms with E-state index in [0.717, 1.165) is 24.4 Å². The first kappa shape index (κ1) is 14.8. The van der Waals surface area contributed by atoms with Gasteiger partial charge in [0.15, 0.2) is 0 Å². The van der Waals surface area contributed by atoms with E-state index in [1.807, 2.05) is 24.3 Å². The summed E-state index contributed by atoms with van der Waals surface area (Å²) in [5, 5.41) is 2.96. The van der Waals surface area contributed by atoms with Crippen molar-refractivity contribution in [2.24, 2.45) is 0 Å². The highest BCUT2D eigenvalue weighted by Gasteiger charge is 2.12. The average molecular weight is 320 g/mol. The second-order valence-electron chi connectivity index (χ2n) is 6.12. The maximum atomic E-state index is 12.5. The van der Waals surface area contributed by atoms with E-state index in [4.69, 9.17) is 0 Å². The first-order valence-electron chi connectivity index (χ1n) is 8.40. The summed E-state index contributed by atoms with van der Waals surface area (Å²) in [5.74, 6) is -0.135. The van der Waals surface area contributed by atoms with Crippen LogP contribution in [0.25, 0.3) is 5.65 Å². The second-order valence-corrected chi connectivity index (χ2v) is 6.12. The number of anilines is 2. The van der Waals surface area contributed by atoms with Gasteiger partial charge in [0.1, 0.15) is 11.3 Å². The molecule has 1 saturated heterocycles. The molecule has 0 bridgehead atoms. The van der Waals surface area contributed by atoms with Crippen molar-refractivity contribution in [1.82, 2.24) is 9.38 Å². The van der Waals surface area contributed by atoms with E-state index >= 15 is 0 Å². The summed E-state index contributed by atoms with van der Waals surface area (Å²) in [7, 11) is 0. The van der Waals surface area contributed by atoms with E-state index in [9.17, 15) is 4.79 Å². The highest BCUT2D eigenvalue weighted by atomic mass is 16.1. The average Bonchev–Trinajstić information content (AvgIpc) is 3.12. The van der Waals surface area contributed by atoms with Gasteiger partial charge in [-0.2, -0.15) is 0 Å². The summed E-state index contributed by atoms with van der Waals surface area (Å²) in [4.78, 5) is 19.2. The van der Waals surface area contributed by atoms with Gasteiger partial charge in [0.25, 0.3) is 5.91 Å². The highest BCUT2D eigenvalue weighted by Crippen LogP contribution is 2.22. The van der Waals surface area contributed by atoms with Crippen LogP contribution >= 0.6 is 0 Å². The molecule has 0 saturated carbocycles. The minimum Gasteiger partial charge on any atom is -0.372 e. The van der Waals surface area contributed by atoms with E-state index < -0.39 is 0 Å². The molecule has 0 radical (unpaired) electrons. The zero-order valence-corrected chi connectivity index (χ0v) is 13.5. The zero-order valence-electron chi connectivity index (χ0n) is 13.5. The van der Waals surface area contributed by atoms with Gasteiger partial charge in [0, 0.05) is 36.9 Å². The van der Waals surface area contributed by atoms with Crippen molar-refractivity contribution in [2.75, 3.05) is 23.3 Å². The molecule has 0 spiro atoms. The number of imidazole rings is 1. The lowest BCUT2D eigenvalue weighted by molar-refractivity contribution is 0.102. The molecule has 5 heteroatoms. The Morgan fingerprint density at radius 1 is 1.00 bits per heavy atom. The van der Waals surface area contributed by atoms with Gasteiger partial charge < -0.3 is 10.2 Å². The molecule has 122 valence electrons. The number of fused-ring (bicyclic) bond motifs is 1. The van der Waals surface area contributed by atoms with Gasteiger partial charge in [-0.25, -0.2) is 4.98 Å². The van der Waals surface area contributed by atoms with Crippen LogP contribution in [-0.2, 0) is 0 Å². The molecular formula is C19H20N4O. The molecule has 24 heavy (non-hydrogen) atoms. The van der Waals surface area contributed by atoms with Crippen LogP contribution in [-0.4, -0.2) is 28.4 Å².